The smallest absolute Gasteiger partial charge is 0.226 e. The molecule has 5 atom stereocenters. The summed E-state index contributed by atoms with van der Waals surface area (Å²) in [6, 6.07) is 4.14. The van der Waals surface area contributed by atoms with Gasteiger partial charge in [0, 0.05) is 31.9 Å². The number of aliphatic hydroxyl groups is 1. The number of ether oxygens (including phenoxy) is 2. The number of nitrogens with zero attached hydrogens (tertiary/aromatic N) is 1. The van der Waals surface area contributed by atoms with Crippen LogP contribution in [0.5, 0.6) is 5.75 Å². The number of amides is 2. The molecule has 7 heteroatoms. The highest BCUT2D eigenvalue weighted by Gasteiger charge is 2.57. The topological polar surface area (TPSA) is 91.4 Å². The largest absolute Gasteiger partial charge is 0.496 e. The second kappa shape index (κ2) is 10.6. The second-order valence-electron chi connectivity index (χ2n) is 11.4. The van der Waals surface area contributed by atoms with Crippen molar-refractivity contribution in [1.82, 2.24) is 5.32 Å². The molecule has 37 heavy (non-hydrogen) atoms. The minimum Gasteiger partial charge on any atom is -0.496 e. The summed E-state index contributed by atoms with van der Waals surface area (Å²) in [5.41, 5.74) is 2.44. The van der Waals surface area contributed by atoms with Crippen LogP contribution in [0.3, 0.4) is 0 Å². The van der Waals surface area contributed by atoms with Gasteiger partial charge < -0.3 is 24.8 Å². The lowest BCUT2D eigenvalue weighted by atomic mass is 9.76. The number of hydrogen-bond acceptors (Lipinski definition) is 5. The van der Waals surface area contributed by atoms with E-state index < -0.39 is 11.3 Å². The highest BCUT2D eigenvalue weighted by molar-refractivity contribution is 5.94. The predicted molar refractivity (Wildman–Crippen MR) is 144 cm³/mol. The molecule has 0 saturated carbocycles. The fourth-order valence-corrected chi connectivity index (χ4v) is 6.14. The second-order valence-corrected chi connectivity index (χ2v) is 11.4. The zero-order valence-electron chi connectivity index (χ0n) is 23.1. The lowest BCUT2D eigenvalue weighted by Crippen LogP contribution is -2.55. The number of piperidine rings is 1. The van der Waals surface area contributed by atoms with Crippen LogP contribution in [0.25, 0.3) is 0 Å². The lowest BCUT2D eigenvalue weighted by Gasteiger charge is -2.39. The minimum absolute atomic E-state index is 0.0118. The Bertz CT molecular complexity index is 1110. The molecule has 3 heterocycles. The molecule has 2 N–H and O–H groups in total. The van der Waals surface area contributed by atoms with Gasteiger partial charge in [-0.3, -0.25) is 9.59 Å². The Morgan fingerprint density at radius 1 is 1.30 bits per heavy atom. The number of hydrogen-bond donors (Lipinski definition) is 2. The van der Waals surface area contributed by atoms with Crippen molar-refractivity contribution in [3.05, 3.63) is 47.1 Å². The van der Waals surface area contributed by atoms with Gasteiger partial charge in [0.2, 0.25) is 11.8 Å². The van der Waals surface area contributed by atoms with Crippen LogP contribution < -0.4 is 15.0 Å². The van der Waals surface area contributed by atoms with Crippen molar-refractivity contribution in [2.24, 2.45) is 11.8 Å². The van der Waals surface area contributed by atoms with Gasteiger partial charge in [-0.05, 0) is 69.1 Å². The third-order valence-electron chi connectivity index (χ3n) is 8.43. The fourth-order valence-electron chi connectivity index (χ4n) is 6.14. The highest BCUT2D eigenvalue weighted by Crippen LogP contribution is 2.49. The monoisotopic (exact) mass is 510 g/mol. The molecular weight excluding hydrogens is 468 g/mol. The molecule has 0 aliphatic carbocycles. The number of epoxide rings is 1. The van der Waals surface area contributed by atoms with Crippen LogP contribution in [-0.2, 0) is 27.2 Å². The van der Waals surface area contributed by atoms with Crippen LogP contribution in [0.4, 0.5) is 5.69 Å². The first-order valence-electron chi connectivity index (χ1n) is 13.5. The number of carbonyl (C=O) groups is 2. The van der Waals surface area contributed by atoms with E-state index in [2.05, 4.69) is 45.1 Å². The van der Waals surface area contributed by atoms with E-state index >= 15 is 0 Å². The molecule has 3 aliphatic heterocycles. The normalized spacial score (nSPS) is 35.2. The number of anilines is 1. The standard InChI is InChI=1S/C30H42N2O5/c1-7-23-24-15-21(16-25(23)36-6)14-19(2)10-8-9-12-30(35)18-22(17-26(33)31-30)20(3)28-29(4,37-28)13-11-27(34)32(24)5/h8-10,15-16,20,22,28,35H,7,11-14,17-18H2,1-6H3,(H,31,33)/b9-8+,19-10+/t20-,22?,28?,29?,30-/m1/s1. The summed E-state index contributed by atoms with van der Waals surface area (Å²) in [6.45, 7) is 8.29. The molecule has 3 aliphatic rings. The summed E-state index contributed by atoms with van der Waals surface area (Å²) in [5.74, 6) is 0.807. The van der Waals surface area contributed by atoms with Crippen LogP contribution in [-0.4, -0.2) is 48.5 Å². The Balaban J connectivity index is 1.68. The molecule has 2 saturated heterocycles. The van der Waals surface area contributed by atoms with Crippen LogP contribution in [0.1, 0.15) is 70.9 Å². The lowest BCUT2D eigenvalue weighted by molar-refractivity contribution is -0.138. The number of rotatable bonds is 2. The fraction of sp³-hybridized carbons (Fsp3) is 0.600. The first-order chi connectivity index (χ1) is 17.5. The zero-order valence-corrected chi connectivity index (χ0v) is 23.1. The van der Waals surface area contributed by atoms with Crippen molar-refractivity contribution >= 4 is 17.5 Å². The van der Waals surface area contributed by atoms with Gasteiger partial charge in [0.15, 0.2) is 0 Å². The molecular formula is C30H42N2O5. The van der Waals surface area contributed by atoms with E-state index in [1.54, 1.807) is 12.0 Å². The number of carbonyl (C=O) groups excluding carboxylic acids is 2. The summed E-state index contributed by atoms with van der Waals surface area (Å²) in [6.07, 6.45) is 9.48. The summed E-state index contributed by atoms with van der Waals surface area (Å²) < 4.78 is 11.9. The van der Waals surface area contributed by atoms with Crippen molar-refractivity contribution in [2.45, 2.75) is 90.1 Å². The van der Waals surface area contributed by atoms with Gasteiger partial charge in [-0.25, -0.2) is 0 Å². The maximum Gasteiger partial charge on any atom is 0.226 e. The number of methoxy groups -OCH3 is 1. The predicted octanol–water partition coefficient (Wildman–Crippen LogP) is 4.46. The summed E-state index contributed by atoms with van der Waals surface area (Å²) in [4.78, 5) is 27.6. The van der Waals surface area contributed by atoms with Crippen LogP contribution >= 0.6 is 0 Å². The molecule has 2 amide bonds. The third-order valence-corrected chi connectivity index (χ3v) is 8.43. The average molecular weight is 511 g/mol. The van der Waals surface area contributed by atoms with Gasteiger partial charge in [-0.15, -0.1) is 0 Å². The van der Waals surface area contributed by atoms with Gasteiger partial charge in [-0.1, -0.05) is 37.6 Å². The van der Waals surface area contributed by atoms with Crippen molar-refractivity contribution in [1.29, 1.82) is 0 Å². The van der Waals surface area contributed by atoms with Crippen molar-refractivity contribution in [3.63, 3.8) is 0 Å². The number of benzene rings is 1. The van der Waals surface area contributed by atoms with Gasteiger partial charge in [0.1, 0.15) is 11.5 Å². The van der Waals surface area contributed by atoms with Gasteiger partial charge in [0.25, 0.3) is 0 Å². The van der Waals surface area contributed by atoms with Crippen LogP contribution in [0.2, 0.25) is 0 Å². The molecule has 4 bridgehead atoms. The maximum absolute atomic E-state index is 13.4. The molecule has 202 valence electrons. The Morgan fingerprint density at radius 3 is 2.76 bits per heavy atom. The van der Waals surface area contributed by atoms with E-state index in [0.29, 0.717) is 38.5 Å². The average Bonchev–Trinajstić information content (AvgIpc) is 3.53. The van der Waals surface area contributed by atoms with E-state index in [0.717, 1.165) is 34.6 Å². The summed E-state index contributed by atoms with van der Waals surface area (Å²) >= 11 is 0. The Hall–Kier alpha value is -2.64. The zero-order chi connectivity index (χ0) is 27.0. The summed E-state index contributed by atoms with van der Waals surface area (Å²) in [5, 5.41) is 14.0. The van der Waals surface area contributed by atoms with Crippen LogP contribution in [0.15, 0.2) is 35.9 Å². The van der Waals surface area contributed by atoms with E-state index in [9.17, 15) is 14.7 Å². The van der Waals surface area contributed by atoms with Gasteiger partial charge in [-0.2, -0.15) is 0 Å². The minimum atomic E-state index is -1.27. The molecule has 1 aromatic rings. The Morgan fingerprint density at radius 2 is 2.05 bits per heavy atom. The third kappa shape index (κ3) is 5.93. The van der Waals surface area contributed by atoms with E-state index in [1.807, 2.05) is 25.3 Å². The summed E-state index contributed by atoms with van der Waals surface area (Å²) in [7, 11) is 3.51. The first-order valence-corrected chi connectivity index (χ1v) is 13.5. The molecule has 4 rings (SSSR count). The van der Waals surface area contributed by atoms with E-state index in [4.69, 9.17) is 9.47 Å². The van der Waals surface area contributed by atoms with E-state index in [-0.39, 0.29) is 29.8 Å². The molecule has 0 radical (unpaired) electrons. The van der Waals surface area contributed by atoms with Crippen molar-refractivity contribution in [2.75, 3.05) is 19.1 Å². The Kier molecular flexibility index (Phi) is 7.86. The quantitative estimate of drug-likeness (QED) is 0.574. The van der Waals surface area contributed by atoms with Crippen molar-refractivity contribution < 1.29 is 24.2 Å². The van der Waals surface area contributed by atoms with Gasteiger partial charge in [0.05, 0.1) is 24.5 Å². The number of nitrogens with one attached hydrogen (secondary N) is 1. The molecule has 7 nitrogen and oxygen atoms in total. The SMILES string of the molecule is CCc1c(OC)cc2cc1N(C)C(=O)CCC1(C)OC1[C@H](C)C1CC(=O)N[C@@](O)(C/C=C/C=C(\C)C2)C1. The maximum atomic E-state index is 13.4. The molecule has 1 aromatic carbocycles. The van der Waals surface area contributed by atoms with Gasteiger partial charge >= 0.3 is 0 Å². The number of fused-ring (bicyclic) bond motifs is 5. The molecule has 3 unspecified atom stereocenters. The first kappa shape index (κ1) is 27.4. The highest BCUT2D eigenvalue weighted by atomic mass is 16.6. The van der Waals surface area contributed by atoms with E-state index in [1.165, 1.54) is 0 Å². The molecule has 0 aromatic heterocycles. The number of allylic oxidation sites excluding steroid dienone is 3. The van der Waals surface area contributed by atoms with Crippen molar-refractivity contribution in [3.8, 4) is 5.75 Å². The molecule has 2 fully saturated rings. The Labute approximate surface area is 220 Å². The van der Waals surface area contributed by atoms with Crippen LogP contribution in [0, 0.1) is 11.8 Å². The molecule has 0 spiro atoms.